The lowest BCUT2D eigenvalue weighted by atomic mass is 10.1. The fraction of sp³-hybridized carbons (Fsp3) is 0. The molecule has 3 aromatic carbocycles. The van der Waals surface area contributed by atoms with E-state index in [1.807, 2.05) is 0 Å². The van der Waals surface area contributed by atoms with Crippen LogP contribution in [0, 0.1) is 23.3 Å². The van der Waals surface area contributed by atoms with Gasteiger partial charge in [-0.3, -0.25) is 0 Å². The van der Waals surface area contributed by atoms with Crippen LogP contribution in [0.4, 0.5) is 28.9 Å². The molecule has 30 heavy (non-hydrogen) atoms. The second kappa shape index (κ2) is 8.11. The molecule has 0 atom stereocenters. The Morgan fingerprint density at radius 2 is 0.833 bits per heavy atom. The first-order valence-corrected chi connectivity index (χ1v) is 8.20. The number of nitrogen functional groups attached to an aromatic ring is 2. The lowest BCUT2D eigenvalue weighted by Crippen LogP contribution is -2.21. The van der Waals surface area contributed by atoms with E-state index in [-0.39, 0.29) is 11.5 Å². The van der Waals surface area contributed by atoms with Crippen molar-refractivity contribution in [3.8, 4) is 11.5 Å². The van der Waals surface area contributed by atoms with E-state index in [0.29, 0.717) is 11.4 Å². The molecule has 0 aliphatic carbocycles. The predicted octanol–water partition coefficient (Wildman–Crippen LogP) is 3.85. The number of rotatable bonds is 4. The monoisotopic (exact) mass is 420 g/mol. The molecular formula is C20H12F4N2O4. The van der Waals surface area contributed by atoms with Crippen molar-refractivity contribution in [1.29, 1.82) is 0 Å². The van der Waals surface area contributed by atoms with Crippen LogP contribution in [-0.2, 0) is 0 Å². The van der Waals surface area contributed by atoms with Crippen LogP contribution >= 0.6 is 0 Å². The molecule has 3 aromatic rings. The molecule has 0 amide bonds. The number of hydrogen-bond acceptors (Lipinski definition) is 6. The van der Waals surface area contributed by atoms with E-state index < -0.39 is 46.3 Å². The highest BCUT2D eigenvalue weighted by atomic mass is 19.2. The molecule has 0 radical (unpaired) electrons. The molecule has 4 N–H and O–H groups in total. The second-order valence-corrected chi connectivity index (χ2v) is 5.92. The van der Waals surface area contributed by atoms with Crippen LogP contribution in [0.5, 0.6) is 11.5 Å². The number of ether oxygens (including phenoxy) is 2. The van der Waals surface area contributed by atoms with Gasteiger partial charge in [0.25, 0.3) is 0 Å². The fourth-order valence-corrected chi connectivity index (χ4v) is 2.38. The predicted molar refractivity (Wildman–Crippen MR) is 97.9 cm³/mol. The Hall–Kier alpha value is -4.08. The largest absolute Gasteiger partial charge is 0.423 e. The maximum atomic E-state index is 14.3. The Balaban J connectivity index is 1.94. The van der Waals surface area contributed by atoms with Crippen LogP contribution < -0.4 is 20.9 Å². The Bertz CT molecular complexity index is 1010. The lowest BCUT2D eigenvalue weighted by Gasteiger charge is -2.11. The van der Waals surface area contributed by atoms with Gasteiger partial charge in [0.05, 0.1) is 0 Å². The van der Waals surface area contributed by atoms with Crippen molar-refractivity contribution < 1.29 is 36.6 Å². The van der Waals surface area contributed by atoms with Gasteiger partial charge in [-0.1, -0.05) is 0 Å². The molecule has 0 heterocycles. The maximum Gasteiger partial charge on any atom is 0.349 e. The number of carbonyl (C=O) groups excluding carboxylic acids is 2. The molecule has 0 aromatic heterocycles. The molecule has 6 nitrogen and oxygen atoms in total. The van der Waals surface area contributed by atoms with E-state index in [1.165, 1.54) is 48.5 Å². The smallest absolute Gasteiger partial charge is 0.349 e. The van der Waals surface area contributed by atoms with Crippen molar-refractivity contribution in [2.45, 2.75) is 0 Å². The molecule has 3 rings (SSSR count). The van der Waals surface area contributed by atoms with Crippen LogP contribution in [0.25, 0.3) is 0 Å². The lowest BCUT2D eigenvalue weighted by molar-refractivity contribution is 0.0698. The van der Waals surface area contributed by atoms with Gasteiger partial charge in [-0.05, 0) is 48.5 Å². The van der Waals surface area contributed by atoms with E-state index in [0.717, 1.165) is 0 Å². The molecule has 0 aliphatic heterocycles. The van der Waals surface area contributed by atoms with Gasteiger partial charge in [0, 0.05) is 11.4 Å². The summed E-state index contributed by atoms with van der Waals surface area (Å²) >= 11 is 0. The van der Waals surface area contributed by atoms with Crippen LogP contribution in [0.3, 0.4) is 0 Å². The summed E-state index contributed by atoms with van der Waals surface area (Å²) in [7, 11) is 0. The number of anilines is 2. The minimum Gasteiger partial charge on any atom is -0.423 e. The number of nitrogens with two attached hydrogens (primary N) is 2. The molecule has 0 spiro atoms. The zero-order valence-corrected chi connectivity index (χ0v) is 14.9. The quantitative estimate of drug-likeness (QED) is 0.218. The zero-order valence-electron chi connectivity index (χ0n) is 14.9. The highest BCUT2D eigenvalue weighted by molar-refractivity contribution is 5.96. The summed E-state index contributed by atoms with van der Waals surface area (Å²) in [6, 6.07) is 10.1. The normalized spacial score (nSPS) is 10.5. The van der Waals surface area contributed by atoms with Gasteiger partial charge in [0.2, 0.25) is 0 Å². The van der Waals surface area contributed by atoms with Gasteiger partial charge < -0.3 is 20.9 Å². The number of halogens is 4. The Morgan fingerprint density at radius 3 is 1.10 bits per heavy atom. The molecule has 154 valence electrons. The van der Waals surface area contributed by atoms with Crippen molar-refractivity contribution >= 4 is 23.3 Å². The average Bonchev–Trinajstić information content (AvgIpc) is 2.70. The van der Waals surface area contributed by atoms with E-state index in [9.17, 15) is 27.2 Å². The molecular weight excluding hydrogens is 408 g/mol. The summed E-state index contributed by atoms with van der Waals surface area (Å²) in [6.45, 7) is 0. The Morgan fingerprint density at radius 1 is 0.567 bits per heavy atom. The highest BCUT2D eigenvalue weighted by Gasteiger charge is 2.34. The first-order valence-electron chi connectivity index (χ1n) is 8.20. The van der Waals surface area contributed by atoms with Crippen LogP contribution in [0.2, 0.25) is 0 Å². The van der Waals surface area contributed by atoms with Gasteiger partial charge in [0.15, 0.2) is 23.3 Å². The van der Waals surface area contributed by atoms with Gasteiger partial charge in [-0.2, -0.15) is 0 Å². The Kier molecular flexibility index (Phi) is 5.58. The minimum absolute atomic E-state index is 0.180. The summed E-state index contributed by atoms with van der Waals surface area (Å²) in [5.41, 5.74) is 8.24. The van der Waals surface area contributed by atoms with Crippen LogP contribution in [0.1, 0.15) is 20.7 Å². The van der Waals surface area contributed by atoms with Crippen molar-refractivity contribution in [1.82, 2.24) is 0 Å². The third-order valence-corrected chi connectivity index (χ3v) is 3.85. The summed E-state index contributed by atoms with van der Waals surface area (Å²) in [5, 5.41) is 0. The molecule has 0 saturated heterocycles. The molecule has 10 heteroatoms. The number of esters is 2. The van der Waals surface area contributed by atoms with Gasteiger partial charge in [0.1, 0.15) is 22.6 Å². The molecule has 0 bridgehead atoms. The third-order valence-electron chi connectivity index (χ3n) is 3.85. The number of hydrogen-bond donors (Lipinski definition) is 2. The van der Waals surface area contributed by atoms with Gasteiger partial charge in [-0.25, -0.2) is 27.2 Å². The summed E-state index contributed by atoms with van der Waals surface area (Å²) in [4.78, 5) is 24.1. The molecule has 0 unspecified atom stereocenters. The minimum atomic E-state index is -2.11. The Labute approximate surface area is 166 Å². The molecule has 0 aliphatic rings. The first-order chi connectivity index (χ1) is 14.2. The van der Waals surface area contributed by atoms with Gasteiger partial charge in [-0.15, -0.1) is 0 Å². The van der Waals surface area contributed by atoms with E-state index in [4.69, 9.17) is 20.9 Å². The topological polar surface area (TPSA) is 105 Å². The summed E-state index contributed by atoms with van der Waals surface area (Å²) in [6.07, 6.45) is 0. The zero-order chi connectivity index (χ0) is 22.0. The number of benzene rings is 3. The highest BCUT2D eigenvalue weighted by Crippen LogP contribution is 2.27. The van der Waals surface area contributed by atoms with Gasteiger partial charge >= 0.3 is 11.9 Å². The first kappa shape index (κ1) is 20.6. The van der Waals surface area contributed by atoms with Crippen molar-refractivity contribution in [2.24, 2.45) is 0 Å². The SMILES string of the molecule is Nc1ccc(OC(=O)c2c(F)c(F)c(C(=O)Oc3ccc(N)cc3)c(F)c2F)cc1. The standard InChI is InChI=1S/C20H12F4N2O4/c21-15-13(19(27)29-11-5-1-9(25)2-6-11)16(22)18(24)14(17(15)23)20(28)30-12-7-3-10(26)4-8-12/h1-8H,25-26H2. The van der Waals surface area contributed by atoms with Crippen LogP contribution in [-0.4, -0.2) is 11.9 Å². The van der Waals surface area contributed by atoms with Crippen molar-refractivity contribution in [2.75, 3.05) is 11.5 Å². The van der Waals surface area contributed by atoms with Crippen molar-refractivity contribution in [3.05, 3.63) is 82.9 Å². The van der Waals surface area contributed by atoms with Crippen LogP contribution in [0.15, 0.2) is 48.5 Å². The van der Waals surface area contributed by atoms with Crippen molar-refractivity contribution in [3.63, 3.8) is 0 Å². The summed E-state index contributed by atoms with van der Waals surface area (Å²) < 4.78 is 66.8. The average molecular weight is 420 g/mol. The van der Waals surface area contributed by atoms with E-state index in [2.05, 4.69) is 0 Å². The third kappa shape index (κ3) is 4.02. The second-order valence-electron chi connectivity index (χ2n) is 5.92. The van der Waals surface area contributed by atoms with E-state index in [1.54, 1.807) is 0 Å². The molecule has 0 saturated carbocycles. The maximum absolute atomic E-state index is 14.3. The van der Waals surface area contributed by atoms with E-state index >= 15 is 0 Å². The number of carbonyl (C=O) groups is 2. The fourth-order valence-electron chi connectivity index (χ4n) is 2.38. The summed E-state index contributed by atoms with van der Waals surface area (Å²) in [5.74, 6) is -12.2. The molecule has 0 fully saturated rings.